The van der Waals surface area contributed by atoms with Crippen molar-refractivity contribution in [2.24, 2.45) is 0 Å². The van der Waals surface area contributed by atoms with Gasteiger partial charge in [0, 0.05) is 0 Å². The van der Waals surface area contributed by atoms with Crippen LogP contribution in [0.2, 0.25) is 0 Å². The van der Waals surface area contributed by atoms with Gasteiger partial charge in [-0.25, -0.2) is 0 Å². The van der Waals surface area contributed by atoms with Crippen LogP contribution in [-0.2, 0) is 0 Å². The summed E-state index contributed by atoms with van der Waals surface area (Å²) >= 11 is 0. The van der Waals surface area contributed by atoms with Crippen molar-refractivity contribution in [1.29, 1.82) is 0 Å². The zero-order chi connectivity index (χ0) is 6.85. The summed E-state index contributed by atoms with van der Waals surface area (Å²) in [5.74, 6) is 1.56. The van der Waals surface area contributed by atoms with Crippen molar-refractivity contribution >= 4 is 0 Å². The Morgan fingerprint density at radius 2 is 2.11 bits per heavy atom. The summed E-state index contributed by atoms with van der Waals surface area (Å²) in [6.45, 7) is 6.59. The first kappa shape index (κ1) is 6.85. The molecule has 1 fully saturated rings. The molecular weight excluding hydrogens is 108 g/mol. The molecule has 0 heteroatoms. The lowest BCUT2D eigenvalue weighted by Crippen LogP contribution is -1.87. The van der Waals surface area contributed by atoms with Crippen molar-refractivity contribution in [3.8, 4) is 0 Å². The molecule has 0 aromatic rings. The van der Waals surface area contributed by atoms with Crippen LogP contribution in [0.5, 0.6) is 0 Å². The molecule has 0 aliphatic heterocycles. The third-order valence-electron chi connectivity index (χ3n) is 1.87. The van der Waals surface area contributed by atoms with E-state index >= 15 is 0 Å². The van der Waals surface area contributed by atoms with Crippen molar-refractivity contribution in [1.82, 2.24) is 0 Å². The number of hydrogen-bond donors (Lipinski definition) is 0. The molecule has 50 valence electrons. The first-order valence-corrected chi connectivity index (χ1v) is 3.55. The Kier molecular flexibility index (Phi) is 1.94. The molecule has 0 aromatic heterocycles. The molecule has 0 nitrogen and oxygen atoms in total. The maximum Gasteiger partial charge on any atom is -0.00196 e. The van der Waals surface area contributed by atoms with Crippen LogP contribution in [0.1, 0.15) is 33.6 Å². The lowest BCUT2D eigenvalue weighted by atomic mass is 10.0. The first-order valence-electron chi connectivity index (χ1n) is 3.55. The third-order valence-corrected chi connectivity index (χ3v) is 1.87. The van der Waals surface area contributed by atoms with E-state index in [1.807, 2.05) is 0 Å². The molecule has 1 aliphatic rings. The Bertz CT molecular complexity index is 127. The number of rotatable bonds is 0. The summed E-state index contributed by atoms with van der Waals surface area (Å²) in [6.07, 6.45) is 4.87. The highest BCUT2D eigenvalue weighted by Crippen LogP contribution is 2.33. The maximum atomic E-state index is 2.34. The molecule has 0 saturated heterocycles. The molecule has 0 unspecified atom stereocenters. The van der Waals surface area contributed by atoms with E-state index in [0.29, 0.717) is 0 Å². The van der Waals surface area contributed by atoms with E-state index in [0.717, 1.165) is 0 Å². The normalized spacial score (nSPS) is 21.0. The first-order chi connectivity index (χ1) is 4.22. The van der Waals surface area contributed by atoms with Gasteiger partial charge in [-0.1, -0.05) is 18.1 Å². The van der Waals surface area contributed by atoms with Gasteiger partial charge in [0.25, 0.3) is 0 Å². The molecule has 0 atom stereocenters. The van der Waals surface area contributed by atoms with Gasteiger partial charge in [0.2, 0.25) is 0 Å². The molecule has 0 aromatic carbocycles. The smallest absolute Gasteiger partial charge is 0.00196 e. The van der Waals surface area contributed by atoms with Crippen LogP contribution in [0, 0.1) is 12.3 Å². The lowest BCUT2D eigenvalue weighted by Gasteiger charge is -2.04. The van der Waals surface area contributed by atoms with E-state index in [2.05, 4.69) is 27.2 Å². The van der Waals surface area contributed by atoms with Crippen LogP contribution >= 0.6 is 0 Å². The fourth-order valence-corrected chi connectivity index (χ4v) is 1.37. The van der Waals surface area contributed by atoms with Gasteiger partial charge >= 0.3 is 0 Å². The van der Waals surface area contributed by atoms with Crippen molar-refractivity contribution in [2.75, 3.05) is 0 Å². The Balaban J connectivity index is 2.70. The molecule has 0 bridgehead atoms. The van der Waals surface area contributed by atoms with Gasteiger partial charge in [0.1, 0.15) is 0 Å². The molecule has 2 radical (unpaired) electrons. The monoisotopic (exact) mass is 122 g/mol. The quantitative estimate of drug-likeness (QED) is 0.463. The van der Waals surface area contributed by atoms with E-state index in [1.165, 1.54) is 24.0 Å². The van der Waals surface area contributed by atoms with Crippen LogP contribution in [0.25, 0.3) is 0 Å². The third kappa shape index (κ3) is 1.35. The molecule has 1 aliphatic carbocycles. The predicted octanol–water partition coefficient (Wildman–Crippen LogP) is 2.92. The fraction of sp³-hybridized carbons (Fsp3) is 0.556. The van der Waals surface area contributed by atoms with Crippen LogP contribution in [0.4, 0.5) is 0 Å². The standard InChI is InChI=1S/C9H14/c1-7(2)9-6-4-5-8(9)3/h6H,4-5H2,1-3H3. The van der Waals surface area contributed by atoms with E-state index in [4.69, 9.17) is 0 Å². The molecule has 0 amide bonds. The van der Waals surface area contributed by atoms with Gasteiger partial charge in [0.15, 0.2) is 0 Å². The minimum absolute atomic E-state index is 1.26. The lowest BCUT2D eigenvalue weighted by molar-refractivity contribution is 0.952. The van der Waals surface area contributed by atoms with E-state index < -0.39 is 0 Å². The molecule has 0 N–H and O–H groups in total. The van der Waals surface area contributed by atoms with Crippen molar-refractivity contribution in [2.45, 2.75) is 33.6 Å². The zero-order valence-corrected chi connectivity index (χ0v) is 6.49. The molecule has 0 heterocycles. The maximum absolute atomic E-state index is 2.34. The second-order valence-corrected chi connectivity index (χ2v) is 2.94. The van der Waals surface area contributed by atoms with Gasteiger partial charge in [-0.15, -0.1) is 0 Å². The molecular formula is C9H14. The second-order valence-electron chi connectivity index (χ2n) is 2.94. The number of hydrogen-bond acceptors (Lipinski definition) is 0. The minimum atomic E-state index is 1.26. The van der Waals surface area contributed by atoms with E-state index in [9.17, 15) is 0 Å². The van der Waals surface area contributed by atoms with Gasteiger partial charge in [-0.3, -0.25) is 0 Å². The molecule has 1 saturated carbocycles. The van der Waals surface area contributed by atoms with Gasteiger partial charge in [0.05, 0.1) is 0 Å². The van der Waals surface area contributed by atoms with Gasteiger partial charge < -0.3 is 0 Å². The predicted molar refractivity (Wildman–Crippen MR) is 40.8 cm³/mol. The summed E-state index contributed by atoms with van der Waals surface area (Å²) in [5.41, 5.74) is 2.97. The molecule has 9 heavy (non-hydrogen) atoms. The van der Waals surface area contributed by atoms with E-state index in [1.54, 1.807) is 5.92 Å². The minimum Gasteiger partial charge on any atom is -0.0763 e. The summed E-state index contributed by atoms with van der Waals surface area (Å²) in [7, 11) is 0. The Labute approximate surface area is 58.0 Å². The van der Waals surface area contributed by atoms with Gasteiger partial charge in [-0.05, 0) is 39.0 Å². The average Bonchev–Trinajstić information content (AvgIpc) is 2.13. The Hall–Kier alpha value is -0.260. The number of allylic oxidation sites excluding steroid dienone is 2. The highest BCUT2D eigenvalue weighted by Gasteiger charge is 2.17. The Morgan fingerprint density at radius 1 is 1.44 bits per heavy atom. The van der Waals surface area contributed by atoms with Gasteiger partial charge in [-0.2, -0.15) is 0 Å². The van der Waals surface area contributed by atoms with E-state index in [-0.39, 0.29) is 0 Å². The largest absolute Gasteiger partial charge is 0.0763 e. The summed E-state index contributed by atoms with van der Waals surface area (Å²) < 4.78 is 0. The average molecular weight is 122 g/mol. The van der Waals surface area contributed by atoms with Crippen molar-refractivity contribution in [3.63, 3.8) is 0 Å². The van der Waals surface area contributed by atoms with Crippen molar-refractivity contribution < 1.29 is 0 Å². The highest BCUT2D eigenvalue weighted by atomic mass is 14.2. The van der Waals surface area contributed by atoms with Crippen LogP contribution in [0.3, 0.4) is 0 Å². The molecule has 1 rings (SSSR count). The fourth-order valence-electron chi connectivity index (χ4n) is 1.37. The topological polar surface area (TPSA) is 0 Å². The van der Waals surface area contributed by atoms with Crippen LogP contribution in [-0.4, -0.2) is 0 Å². The molecule has 0 spiro atoms. The highest BCUT2D eigenvalue weighted by molar-refractivity contribution is 5.38. The Morgan fingerprint density at radius 3 is 2.33 bits per heavy atom. The van der Waals surface area contributed by atoms with Crippen molar-refractivity contribution in [3.05, 3.63) is 23.5 Å². The second kappa shape index (κ2) is 2.55. The van der Waals surface area contributed by atoms with Crippen LogP contribution in [0.15, 0.2) is 11.1 Å². The summed E-state index contributed by atoms with van der Waals surface area (Å²) in [5, 5.41) is 0. The summed E-state index contributed by atoms with van der Waals surface area (Å²) in [6, 6.07) is 0. The summed E-state index contributed by atoms with van der Waals surface area (Å²) in [4.78, 5) is 0. The zero-order valence-electron chi connectivity index (χ0n) is 6.49. The van der Waals surface area contributed by atoms with Crippen LogP contribution < -0.4 is 0 Å². The SMILES string of the molecule is C[C]1CC[CH]C1=C(C)C.